The van der Waals surface area contributed by atoms with Crippen LogP contribution in [0.15, 0.2) is 0 Å². The molecule has 0 atom stereocenters. The van der Waals surface area contributed by atoms with Crippen molar-refractivity contribution < 1.29 is 19.8 Å². The van der Waals surface area contributed by atoms with Gasteiger partial charge < -0.3 is 10.2 Å². The van der Waals surface area contributed by atoms with Gasteiger partial charge in [-0.15, -0.1) is 0 Å². The zero-order valence-electron chi connectivity index (χ0n) is 11.4. The minimum atomic E-state index is -1.23. The van der Waals surface area contributed by atoms with Gasteiger partial charge in [0.05, 0.1) is 0 Å². The van der Waals surface area contributed by atoms with E-state index in [1.54, 1.807) is 0 Å². The van der Waals surface area contributed by atoms with Crippen LogP contribution in [0, 0.1) is 5.92 Å². The number of aliphatic carboxylic acids is 2. The molecule has 0 spiro atoms. The Bertz CT molecular complexity index is 235. The van der Waals surface area contributed by atoms with Gasteiger partial charge in [-0.2, -0.15) is 0 Å². The molecule has 0 saturated heterocycles. The van der Waals surface area contributed by atoms with Crippen LogP contribution in [-0.2, 0) is 9.59 Å². The van der Waals surface area contributed by atoms with Crippen LogP contribution in [0.4, 0.5) is 0 Å². The summed E-state index contributed by atoms with van der Waals surface area (Å²) in [7, 11) is 0. The molecule has 4 nitrogen and oxygen atoms in total. The Morgan fingerprint density at radius 1 is 0.800 bits per heavy atom. The monoisotopic (exact) mass is 322 g/mol. The zero-order chi connectivity index (χ0) is 13.8. The van der Waals surface area contributed by atoms with Crippen molar-refractivity contribution in [3.8, 4) is 0 Å². The van der Waals surface area contributed by atoms with E-state index in [0.717, 1.165) is 12.8 Å². The van der Waals surface area contributed by atoms with Crippen LogP contribution in [0.3, 0.4) is 0 Å². The van der Waals surface area contributed by atoms with Gasteiger partial charge >= 0.3 is 92.9 Å². The van der Waals surface area contributed by atoms with Crippen molar-refractivity contribution in [1.29, 1.82) is 0 Å². The Balaban J connectivity index is -0.00000144. The zero-order valence-corrected chi connectivity index (χ0v) is 11.4. The van der Waals surface area contributed by atoms with E-state index in [4.69, 9.17) is 10.2 Å². The molecule has 0 radical (unpaired) electrons. The van der Waals surface area contributed by atoms with E-state index in [-0.39, 0.29) is 87.4 Å². The molecule has 0 aromatic carbocycles. The topological polar surface area (TPSA) is 74.6 Å². The molecule has 0 aromatic heterocycles. The number of unbranched alkanes of at least 4 members (excludes halogenated alkanes) is 8. The molecule has 20 heavy (non-hydrogen) atoms. The standard InChI is InChI=1S/C14H26O4.K.Na.2H/c1-2-3-4-5-6-7-8-9-10-11-12(13(15)16)14(17)18;;;;/h12H,2-11H2,1H3,(H,15,16)(H,17,18);;;;. The number of carbonyl (C=O) groups is 2. The van der Waals surface area contributed by atoms with E-state index in [1.165, 1.54) is 38.5 Å². The van der Waals surface area contributed by atoms with E-state index in [1.807, 2.05) is 0 Å². The summed E-state index contributed by atoms with van der Waals surface area (Å²) in [5.74, 6) is -3.67. The van der Waals surface area contributed by atoms with Crippen molar-refractivity contribution in [3.63, 3.8) is 0 Å². The van der Waals surface area contributed by atoms with Gasteiger partial charge in [0.1, 0.15) is 0 Å². The van der Waals surface area contributed by atoms with Crippen molar-refractivity contribution in [3.05, 3.63) is 0 Å². The van der Waals surface area contributed by atoms with Crippen LogP contribution >= 0.6 is 0 Å². The normalized spacial score (nSPS) is 9.70. The van der Waals surface area contributed by atoms with Crippen LogP contribution in [0.1, 0.15) is 71.1 Å². The summed E-state index contributed by atoms with van der Waals surface area (Å²) in [6.45, 7) is 2.20. The van der Waals surface area contributed by atoms with Gasteiger partial charge in [0.25, 0.3) is 0 Å². The van der Waals surface area contributed by atoms with Gasteiger partial charge in [0.2, 0.25) is 0 Å². The minimum absolute atomic E-state index is 0. The number of carboxylic acid groups (broad SMARTS) is 2. The van der Waals surface area contributed by atoms with E-state index in [9.17, 15) is 9.59 Å². The summed E-state index contributed by atoms with van der Waals surface area (Å²) in [6, 6.07) is 0. The predicted molar refractivity (Wildman–Crippen MR) is 84.9 cm³/mol. The fourth-order valence-corrected chi connectivity index (χ4v) is 2.01. The molecule has 0 saturated carbocycles. The molecular weight excluding hydrogens is 294 g/mol. The van der Waals surface area contributed by atoms with Crippen molar-refractivity contribution in [2.75, 3.05) is 0 Å². The maximum absolute atomic E-state index is 10.6. The molecule has 110 valence electrons. The Labute approximate surface area is 187 Å². The van der Waals surface area contributed by atoms with Crippen LogP contribution in [0.25, 0.3) is 0 Å². The summed E-state index contributed by atoms with van der Waals surface area (Å²) in [5.41, 5.74) is 0. The molecule has 0 aliphatic rings. The second-order valence-electron chi connectivity index (χ2n) is 4.85. The molecule has 0 aliphatic heterocycles. The first-order valence-electron chi connectivity index (χ1n) is 7.05. The van der Waals surface area contributed by atoms with E-state index in [2.05, 4.69) is 6.92 Å². The molecule has 0 heterocycles. The Hall–Kier alpha value is 1.58. The molecule has 0 unspecified atom stereocenters. The van der Waals surface area contributed by atoms with Gasteiger partial charge in [-0.25, -0.2) is 0 Å². The maximum atomic E-state index is 10.6. The summed E-state index contributed by atoms with van der Waals surface area (Å²) >= 11 is 0. The second kappa shape index (κ2) is 18.6. The van der Waals surface area contributed by atoms with Gasteiger partial charge in [-0.1, -0.05) is 64.7 Å². The predicted octanol–water partition coefficient (Wildman–Crippen LogP) is 2.40. The number of carboxylic acids is 2. The molecule has 2 N–H and O–H groups in total. The summed E-state index contributed by atoms with van der Waals surface area (Å²) in [6.07, 6.45) is 10.5. The third kappa shape index (κ3) is 16.0. The average molecular weight is 322 g/mol. The van der Waals surface area contributed by atoms with Gasteiger partial charge in [0, 0.05) is 0 Å². The molecule has 6 heteroatoms. The van der Waals surface area contributed by atoms with Crippen molar-refractivity contribution in [2.24, 2.45) is 5.92 Å². The third-order valence-corrected chi connectivity index (χ3v) is 3.19. The average Bonchev–Trinajstić information content (AvgIpc) is 2.30. The molecule has 0 aromatic rings. The fourth-order valence-electron chi connectivity index (χ4n) is 2.01. The van der Waals surface area contributed by atoms with Crippen LogP contribution in [0.5, 0.6) is 0 Å². The van der Waals surface area contributed by atoms with Crippen molar-refractivity contribution >= 4 is 92.9 Å². The number of hydrogen-bond acceptors (Lipinski definition) is 2. The first-order chi connectivity index (χ1) is 8.59. The second-order valence-corrected chi connectivity index (χ2v) is 4.85. The Kier molecular flexibility index (Phi) is 24.7. The van der Waals surface area contributed by atoms with E-state index in [0.29, 0.717) is 6.42 Å². The Morgan fingerprint density at radius 2 is 1.15 bits per heavy atom. The first kappa shape index (κ1) is 26.5. The van der Waals surface area contributed by atoms with Crippen molar-refractivity contribution in [2.45, 2.75) is 71.1 Å². The third-order valence-electron chi connectivity index (χ3n) is 3.19. The van der Waals surface area contributed by atoms with E-state index < -0.39 is 17.9 Å². The van der Waals surface area contributed by atoms with Crippen LogP contribution < -0.4 is 0 Å². The summed E-state index contributed by atoms with van der Waals surface area (Å²) < 4.78 is 0. The van der Waals surface area contributed by atoms with Gasteiger partial charge in [0.15, 0.2) is 5.92 Å². The van der Waals surface area contributed by atoms with Crippen molar-refractivity contribution in [1.82, 2.24) is 0 Å². The van der Waals surface area contributed by atoms with Crippen LogP contribution in [0.2, 0.25) is 0 Å². The molecular formula is C14H28KNaO4. The van der Waals surface area contributed by atoms with Gasteiger partial charge in [-0.05, 0) is 6.42 Å². The quantitative estimate of drug-likeness (QED) is 0.329. The number of hydrogen-bond donors (Lipinski definition) is 2. The van der Waals surface area contributed by atoms with E-state index >= 15 is 0 Å². The molecule has 0 fully saturated rings. The summed E-state index contributed by atoms with van der Waals surface area (Å²) in [4.78, 5) is 21.3. The van der Waals surface area contributed by atoms with Crippen LogP contribution in [-0.4, -0.2) is 103 Å². The molecule has 0 bridgehead atoms. The summed E-state index contributed by atoms with van der Waals surface area (Å²) in [5, 5.41) is 17.4. The SMILES string of the molecule is CCCCCCCCCCCC(C(=O)O)C(=O)O.[KH].[NaH]. The molecule has 0 aliphatic carbocycles. The Morgan fingerprint density at radius 3 is 1.50 bits per heavy atom. The molecule has 0 amide bonds. The fraction of sp³-hybridized carbons (Fsp3) is 0.857. The molecule has 0 rings (SSSR count). The first-order valence-corrected chi connectivity index (χ1v) is 7.05. The van der Waals surface area contributed by atoms with Gasteiger partial charge in [-0.3, -0.25) is 9.59 Å². The number of rotatable bonds is 12.